The van der Waals surface area contributed by atoms with Crippen LogP contribution in [0.2, 0.25) is 0 Å². The van der Waals surface area contributed by atoms with E-state index in [-0.39, 0.29) is 12.0 Å². The van der Waals surface area contributed by atoms with Gasteiger partial charge in [0.1, 0.15) is 10.7 Å². The molecule has 0 unspecified atom stereocenters. The maximum atomic E-state index is 13.5. The van der Waals surface area contributed by atoms with Crippen LogP contribution in [0.5, 0.6) is 0 Å². The first kappa shape index (κ1) is 19.4. The first-order chi connectivity index (χ1) is 14.7. The summed E-state index contributed by atoms with van der Waals surface area (Å²) in [5.74, 6) is -0.126. The number of aryl methyl sites for hydroxylation is 1. The molecule has 0 N–H and O–H groups in total. The van der Waals surface area contributed by atoms with E-state index < -0.39 is 0 Å². The molecule has 1 amide bonds. The van der Waals surface area contributed by atoms with E-state index in [2.05, 4.69) is 24.0 Å². The number of nitrogens with zero attached hydrogens (tertiary/aromatic N) is 3. The van der Waals surface area contributed by atoms with Crippen LogP contribution in [0.15, 0.2) is 53.9 Å². The highest BCUT2D eigenvalue weighted by molar-refractivity contribution is 7.22. The molecular formula is C23H21N3O2S2. The van der Waals surface area contributed by atoms with Gasteiger partial charge < -0.3 is 4.74 Å². The van der Waals surface area contributed by atoms with E-state index in [4.69, 9.17) is 9.72 Å². The van der Waals surface area contributed by atoms with E-state index >= 15 is 0 Å². The first-order valence-corrected chi connectivity index (χ1v) is 11.7. The number of para-hydroxylation sites is 1. The smallest absolute Gasteiger partial charge is 0.279 e. The summed E-state index contributed by atoms with van der Waals surface area (Å²) in [5.41, 5.74) is 3.58. The van der Waals surface area contributed by atoms with Crippen LogP contribution in [0, 0.1) is 6.92 Å². The van der Waals surface area contributed by atoms with Gasteiger partial charge in [0.15, 0.2) is 5.13 Å². The Hall–Kier alpha value is -2.61. The molecule has 0 saturated carbocycles. The van der Waals surface area contributed by atoms with Gasteiger partial charge in [-0.1, -0.05) is 53.3 Å². The summed E-state index contributed by atoms with van der Waals surface area (Å²) in [6.07, 6.45) is 2.03. The number of rotatable bonds is 5. The van der Waals surface area contributed by atoms with Crippen LogP contribution in [-0.2, 0) is 4.74 Å². The highest BCUT2D eigenvalue weighted by Gasteiger charge is 2.28. The normalized spacial score (nSPS) is 16.2. The molecule has 1 fully saturated rings. The monoisotopic (exact) mass is 435 g/mol. The lowest BCUT2D eigenvalue weighted by Gasteiger charge is -2.22. The fourth-order valence-electron chi connectivity index (χ4n) is 3.55. The van der Waals surface area contributed by atoms with Crippen molar-refractivity contribution in [2.24, 2.45) is 0 Å². The molecule has 1 atom stereocenters. The zero-order valence-corrected chi connectivity index (χ0v) is 18.2. The van der Waals surface area contributed by atoms with Crippen LogP contribution in [0.4, 0.5) is 5.13 Å². The molecule has 7 heteroatoms. The minimum atomic E-state index is -0.126. The van der Waals surface area contributed by atoms with Crippen LogP contribution < -0.4 is 4.90 Å². The zero-order valence-electron chi connectivity index (χ0n) is 16.6. The molecule has 3 heterocycles. The standard InChI is InChI=1S/C23H21N3O2S2/c1-15-8-10-16(11-9-15)21-24-19(14-29-21)22(27)26(13-17-5-4-12-28-17)23-25-18-6-2-3-7-20(18)30-23/h2-3,6-11,14,17H,4-5,12-13H2,1H3/t17-/m0/s1. The summed E-state index contributed by atoms with van der Waals surface area (Å²) in [6, 6.07) is 16.2. The third-order valence-electron chi connectivity index (χ3n) is 5.19. The Bertz CT molecular complexity index is 1140. The van der Waals surface area contributed by atoms with E-state index in [1.54, 1.807) is 4.90 Å². The van der Waals surface area contributed by atoms with Crippen LogP contribution in [0.25, 0.3) is 20.8 Å². The van der Waals surface area contributed by atoms with Crippen LogP contribution >= 0.6 is 22.7 Å². The predicted octanol–water partition coefficient (Wildman–Crippen LogP) is 5.55. The van der Waals surface area contributed by atoms with Gasteiger partial charge in [0, 0.05) is 17.6 Å². The lowest BCUT2D eigenvalue weighted by Crippen LogP contribution is -2.37. The highest BCUT2D eigenvalue weighted by Crippen LogP contribution is 2.32. The average Bonchev–Trinajstić information content (AvgIpc) is 3.52. The minimum Gasteiger partial charge on any atom is -0.376 e. The number of hydrogen-bond donors (Lipinski definition) is 0. The Balaban J connectivity index is 1.47. The quantitative estimate of drug-likeness (QED) is 0.412. The lowest BCUT2D eigenvalue weighted by molar-refractivity contribution is 0.0914. The number of amides is 1. The summed E-state index contributed by atoms with van der Waals surface area (Å²) < 4.78 is 6.88. The molecule has 5 rings (SSSR count). The topological polar surface area (TPSA) is 55.3 Å². The van der Waals surface area contributed by atoms with Crippen molar-refractivity contribution in [1.82, 2.24) is 9.97 Å². The van der Waals surface area contributed by atoms with Gasteiger partial charge in [0.2, 0.25) is 0 Å². The first-order valence-electron chi connectivity index (χ1n) is 9.99. The van der Waals surface area contributed by atoms with Crippen molar-refractivity contribution in [2.75, 3.05) is 18.1 Å². The molecule has 4 aromatic rings. The third kappa shape index (κ3) is 3.88. The van der Waals surface area contributed by atoms with Gasteiger partial charge in [-0.05, 0) is 31.9 Å². The predicted molar refractivity (Wildman–Crippen MR) is 123 cm³/mol. The van der Waals surface area contributed by atoms with Gasteiger partial charge in [-0.25, -0.2) is 9.97 Å². The molecule has 30 heavy (non-hydrogen) atoms. The molecule has 152 valence electrons. The maximum Gasteiger partial charge on any atom is 0.279 e. The molecule has 0 radical (unpaired) electrons. The summed E-state index contributed by atoms with van der Waals surface area (Å²) in [4.78, 5) is 24.6. The van der Waals surface area contributed by atoms with Gasteiger partial charge >= 0.3 is 0 Å². The Morgan fingerprint density at radius 2 is 2.00 bits per heavy atom. The van der Waals surface area contributed by atoms with Crippen LogP contribution in [-0.4, -0.2) is 35.1 Å². The van der Waals surface area contributed by atoms with Gasteiger partial charge in [-0.15, -0.1) is 11.3 Å². The van der Waals surface area contributed by atoms with Crippen molar-refractivity contribution < 1.29 is 9.53 Å². The van der Waals surface area contributed by atoms with Crippen molar-refractivity contribution in [2.45, 2.75) is 25.9 Å². The molecule has 0 spiro atoms. The molecule has 1 saturated heterocycles. The maximum absolute atomic E-state index is 13.5. The van der Waals surface area contributed by atoms with Crippen molar-refractivity contribution in [3.05, 3.63) is 65.2 Å². The second-order valence-corrected chi connectivity index (χ2v) is 9.29. The fraction of sp³-hybridized carbons (Fsp3) is 0.261. The van der Waals surface area contributed by atoms with E-state index in [1.165, 1.54) is 28.2 Å². The van der Waals surface area contributed by atoms with E-state index in [9.17, 15) is 4.79 Å². The summed E-state index contributed by atoms with van der Waals surface area (Å²) in [5, 5.41) is 3.38. The van der Waals surface area contributed by atoms with Gasteiger partial charge in [-0.3, -0.25) is 9.69 Å². The van der Waals surface area contributed by atoms with Crippen molar-refractivity contribution in [3.8, 4) is 10.6 Å². The third-order valence-corrected chi connectivity index (χ3v) is 7.14. The van der Waals surface area contributed by atoms with Crippen molar-refractivity contribution in [3.63, 3.8) is 0 Å². The molecular weight excluding hydrogens is 414 g/mol. The highest BCUT2D eigenvalue weighted by atomic mass is 32.1. The van der Waals surface area contributed by atoms with Gasteiger partial charge in [-0.2, -0.15) is 0 Å². The number of carbonyl (C=O) groups excluding carboxylic acids is 1. The Morgan fingerprint density at radius 1 is 1.17 bits per heavy atom. The molecule has 0 bridgehead atoms. The lowest BCUT2D eigenvalue weighted by atomic mass is 10.2. The van der Waals surface area contributed by atoms with Gasteiger partial charge in [0.05, 0.1) is 22.9 Å². The number of ether oxygens (including phenoxy) is 1. The Morgan fingerprint density at radius 3 is 2.77 bits per heavy atom. The van der Waals surface area contributed by atoms with Crippen LogP contribution in [0.3, 0.4) is 0 Å². The number of hydrogen-bond acceptors (Lipinski definition) is 6. The summed E-state index contributed by atoms with van der Waals surface area (Å²) in [6.45, 7) is 3.30. The zero-order chi connectivity index (χ0) is 20.5. The van der Waals surface area contributed by atoms with E-state index in [0.29, 0.717) is 17.4 Å². The van der Waals surface area contributed by atoms with E-state index in [0.717, 1.165) is 40.2 Å². The number of thiazole rings is 2. The molecule has 2 aromatic heterocycles. The summed E-state index contributed by atoms with van der Waals surface area (Å²) in [7, 11) is 0. The molecule has 1 aliphatic rings. The largest absolute Gasteiger partial charge is 0.376 e. The Kier molecular flexibility index (Phi) is 5.33. The van der Waals surface area contributed by atoms with Crippen LogP contribution in [0.1, 0.15) is 28.9 Å². The number of anilines is 1. The molecule has 0 aliphatic carbocycles. The minimum absolute atomic E-state index is 0.0381. The second kappa shape index (κ2) is 8.26. The fourth-order valence-corrected chi connectivity index (χ4v) is 5.33. The summed E-state index contributed by atoms with van der Waals surface area (Å²) >= 11 is 3.02. The Labute approximate surface area is 183 Å². The average molecular weight is 436 g/mol. The van der Waals surface area contributed by atoms with E-state index in [1.807, 2.05) is 41.8 Å². The second-order valence-electron chi connectivity index (χ2n) is 7.42. The molecule has 2 aromatic carbocycles. The van der Waals surface area contributed by atoms with Crippen molar-refractivity contribution >= 4 is 43.9 Å². The molecule has 5 nitrogen and oxygen atoms in total. The van der Waals surface area contributed by atoms with Crippen molar-refractivity contribution in [1.29, 1.82) is 0 Å². The van der Waals surface area contributed by atoms with Gasteiger partial charge in [0.25, 0.3) is 5.91 Å². The number of carbonyl (C=O) groups is 1. The number of aromatic nitrogens is 2. The number of benzene rings is 2. The molecule has 1 aliphatic heterocycles. The SMILES string of the molecule is Cc1ccc(-c2nc(C(=O)N(C[C@@H]3CCCO3)c3nc4ccccc4s3)cs2)cc1. The number of fused-ring (bicyclic) bond motifs is 1.